The Balaban J connectivity index is 1.28. The van der Waals surface area contributed by atoms with Crippen molar-refractivity contribution in [2.45, 2.75) is 12.8 Å². The van der Waals surface area contributed by atoms with Gasteiger partial charge in [-0.3, -0.25) is 14.5 Å². The third-order valence-corrected chi connectivity index (χ3v) is 6.96. The highest BCUT2D eigenvalue weighted by atomic mass is 32.1. The summed E-state index contributed by atoms with van der Waals surface area (Å²) in [5.41, 5.74) is 2.96. The van der Waals surface area contributed by atoms with Crippen LogP contribution in [-0.2, 0) is 9.53 Å². The number of nitrogens with one attached hydrogen (secondary N) is 2. The maximum absolute atomic E-state index is 14.4. The molecule has 4 heterocycles. The number of morpholine rings is 1. The van der Waals surface area contributed by atoms with Gasteiger partial charge in [0.1, 0.15) is 16.5 Å². The number of H-pyrrole nitrogens is 1. The minimum absolute atomic E-state index is 0.00944. The summed E-state index contributed by atoms with van der Waals surface area (Å²) < 4.78 is 19.7. The highest BCUT2D eigenvalue weighted by molar-refractivity contribution is 7.13. The van der Waals surface area contributed by atoms with Crippen molar-refractivity contribution in [3.63, 3.8) is 0 Å². The molecule has 2 amide bonds. The first-order valence-corrected chi connectivity index (χ1v) is 12.3. The lowest BCUT2D eigenvalue weighted by atomic mass is 10.2. The molecule has 3 aromatic rings. The zero-order chi connectivity index (χ0) is 23.5. The van der Waals surface area contributed by atoms with Gasteiger partial charge >= 0.3 is 0 Å². The number of aromatic nitrogens is 2. The molecule has 8 nitrogen and oxygen atoms in total. The lowest BCUT2D eigenvalue weighted by Gasteiger charge is -2.25. The molecule has 2 fully saturated rings. The van der Waals surface area contributed by atoms with Crippen LogP contribution in [0, 0.1) is 5.82 Å². The fraction of sp³-hybridized carbons (Fsp3) is 0.375. The van der Waals surface area contributed by atoms with Gasteiger partial charge in [-0.1, -0.05) is 0 Å². The van der Waals surface area contributed by atoms with Crippen LogP contribution in [0.15, 0.2) is 35.8 Å². The molecular formula is C24H26FN5O3S. The molecule has 34 heavy (non-hydrogen) atoms. The predicted molar refractivity (Wildman–Crippen MR) is 128 cm³/mol. The average Bonchev–Trinajstić information content (AvgIpc) is 3.62. The van der Waals surface area contributed by atoms with Crippen LogP contribution in [0.25, 0.3) is 21.8 Å². The van der Waals surface area contributed by atoms with Gasteiger partial charge in [0.15, 0.2) is 0 Å². The Kier molecular flexibility index (Phi) is 6.70. The highest BCUT2D eigenvalue weighted by Gasteiger charge is 2.21. The maximum Gasteiger partial charge on any atom is 0.270 e. The summed E-state index contributed by atoms with van der Waals surface area (Å²) in [6.45, 7) is 4.34. The van der Waals surface area contributed by atoms with Crippen LogP contribution in [0.4, 0.5) is 10.1 Å². The average molecular weight is 484 g/mol. The first-order chi connectivity index (χ1) is 16.6. The predicted octanol–water partition coefficient (Wildman–Crippen LogP) is 3.45. The van der Waals surface area contributed by atoms with E-state index in [-0.39, 0.29) is 24.0 Å². The van der Waals surface area contributed by atoms with Gasteiger partial charge in [-0.15, -0.1) is 11.3 Å². The van der Waals surface area contributed by atoms with Crippen molar-refractivity contribution in [1.29, 1.82) is 0 Å². The second kappa shape index (κ2) is 10.0. The number of hydrogen-bond donors (Lipinski definition) is 2. The van der Waals surface area contributed by atoms with E-state index in [1.54, 1.807) is 18.3 Å². The molecule has 2 saturated heterocycles. The normalized spacial score (nSPS) is 16.7. The Morgan fingerprint density at radius 2 is 1.91 bits per heavy atom. The highest BCUT2D eigenvalue weighted by Crippen LogP contribution is 2.31. The molecule has 178 valence electrons. The van der Waals surface area contributed by atoms with Crippen LogP contribution in [0.2, 0.25) is 0 Å². The van der Waals surface area contributed by atoms with E-state index in [1.807, 2.05) is 21.2 Å². The summed E-state index contributed by atoms with van der Waals surface area (Å²) in [5, 5.41) is 5.29. The van der Waals surface area contributed by atoms with E-state index in [4.69, 9.17) is 4.74 Å². The molecule has 5 rings (SSSR count). The third-order valence-electron chi connectivity index (χ3n) is 6.06. The molecular weight excluding hydrogens is 457 g/mol. The number of amides is 2. The van der Waals surface area contributed by atoms with E-state index in [1.165, 1.54) is 17.4 Å². The molecule has 0 aliphatic carbocycles. The van der Waals surface area contributed by atoms with Gasteiger partial charge in [0.2, 0.25) is 5.91 Å². The van der Waals surface area contributed by atoms with Crippen molar-refractivity contribution in [3.8, 4) is 21.8 Å². The Morgan fingerprint density at radius 3 is 2.71 bits per heavy atom. The van der Waals surface area contributed by atoms with Crippen LogP contribution in [0.1, 0.15) is 23.3 Å². The van der Waals surface area contributed by atoms with Crippen molar-refractivity contribution in [3.05, 3.63) is 47.4 Å². The van der Waals surface area contributed by atoms with Gasteiger partial charge in [-0.05, 0) is 37.1 Å². The Labute approximate surface area is 200 Å². The van der Waals surface area contributed by atoms with E-state index in [2.05, 4.69) is 15.3 Å². The van der Waals surface area contributed by atoms with Crippen LogP contribution in [0.3, 0.4) is 0 Å². The van der Waals surface area contributed by atoms with Crippen molar-refractivity contribution >= 4 is 28.8 Å². The van der Waals surface area contributed by atoms with E-state index < -0.39 is 5.82 Å². The van der Waals surface area contributed by atoms with Gasteiger partial charge < -0.3 is 19.9 Å². The summed E-state index contributed by atoms with van der Waals surface area (Å²) in [6.07, 6.45) is 3.87. The molecule has 10 heteroatoms. The lowest BCUT2D eigenvalue weighted by Crippen LogP contribution is -2.41. The number of thiazole rings is 1. The number of rotatable bonds is 6. The van der Waals surface area contributed by atoms with Gasteiger partial charge in [0, 0.05) is 48.9 Å². The molecule has 2 aromatic heterocycles. The molecule has 2 N–H and O–H groups in total. The van der Waals surface area contributed by atoms with Crippen molar-refractivity contribution in [2.24, 2.45) is 0 Å². The summed E-state index contributed by atoms with van der Waals surface area (Å²) in [4.78, 5) is 36.6. The number of anilines is 1. The number of aromatic amines is 1. The Bertz CT molecular complexity index is 1180. The van der Waals surface area contributed by atoms with E-state index in [0.29, 0.717) is 42.6 Å². The second-order valence-electron chi connectivity index (χ2n) is 8.47. The standard InChI is InChI=1S/C24H26FN5O3S/c25-18-4-3-16(11-19(18)27-22(31)14-29-7-9-33-10-8-29)23-28-21(15-34-23)17-12-20(26-13-17)24(32)30-5-1-2-6-30/h3-4,11-13,15,26H,1-2,5-10,14H2,(H,27,31). The smallest absolute Gasteiger partial charge is 0.270 e. The zero-order valence-electron chi connectivity index (χ0n) is 18.7. The zero-order valence-corrected chi connectivity index (χ0v) is 19.5. The molecule has 0 bridgehead atoms. The summed E-state index contributed by atoms with van der Waals surface area (Å²) >= 11 is 1.42. The molecule has 2 aliphatic heterocycles. The van der Waals surface area contributed by atoms with Crippen molar-refractivity contribution in [2.75, 3.05) is 51.3 Å². The molecule has 2 aliphatic rings. The number of carbonyl (C=O) groups excluding carboxylic acids is 2. The minimum atomic E-state index is -0.494. The van der Waals surface area contributed by atoms with E-state index >= 15 is 0 Å². The number of halogens is 1. The second-order valence-corrected chi connectivity index (χ2v) is 9.33. The van der Waals surface area contributed by atoms with Crippen molar-refractivity contribution in [1.82, 2.24) is 19.8 Å². The third kappa shape index (κ3) is 5.03. The van der Waals surface area contributed by atoms with E-state index in [0.717, 1.165) is 37.2 Å². The number of likely N-dealkylation sites (tertiary alicyclic amines) is 1. The summed E-state index contributed by atoms with van der Waals surface area (Å²) in [6, 6.07) is 6.41. The van der Waals surface area contributed by atoms with Gasteiger partial charge in [-0.25, -0.2) is 9.37 Å². The van der Waals surface area contributed by atoms with E-state index in [9.17, 15) is 14.0 Å². The number of ether oxygens (including phenoxy) is 1. The first-order valence-electron chi connectivity index (χ1n) is 11.4. The fourth-order valence-electron chi connectivity index (χ4n) is 4.20. The quantitative estimate of drug-likeness (QED) is 0.561. The van der Waals surface area contributed by atoms with Crippen LogP contribution < -0.4 is 5.32 Å². The molecule has 0 spiro atoms. The Hall–Kier alpha value is -3.08. The lowest BCUT2D eigenvalue weighted by molar-refractivity contribution is -0.118. The number of nitrogens with zero attached hydrogens (tertiary/aromatic N) is 3. The van der Waals surface area contributed by atoms with Crippen molar-refractivity contribution < 1.29 is 18.7 Å². The SMILES string of the molecule is O=C(CN1CCOCC1)Nc1cc(-c2nc(-c3c[nH]c(C(=O)N4CCCC4)c3)cs2)ccc1F. The van der Waals surface area contributed by atoms with Crippen LogP contribution in [-0.4, -0.2) is 77.5 Å². The minimum Gasteiger partial charge on any atom is -0.379 e. The largest absolute Gasteiger partial charge is 0.379 e. The Morgan fingerprint density at radius 1 is 1.12 bits per heavy atom. The maximum atomic E-state index is 14.4. The van der Waals surface area contributed by atoms with Crippen LogP contribution in [0.5, 0.6) is 0 Å². The molecule has 0 radical (unpaired) electrons. The molecule has 0 atom stereocenters. The monoisotopic (exact) mass is 483 g/mol. The van der Waals surface area contributed by atoms with Gasteiger partial charge in [-0.2, -0.15) is 0 Å². The summed E-state index contributed by atoms with van der Waals surface area (Å²) in [5.74, 6) is -0.748. The first kappa shape index (κ1) is 22.7. The van der Waals surface area contributed by atoms with Gasteiger partial charge in [0.05, 0.1) is 31.1 Å². The molecule has 1 aromatic carbocycles. The van der Waals surface area contributed by atoms with Gasteiger partial charge in [0.25, 0.3) is 5.91 Å². The molecule has 0 saturated carbocycles. The summed E-state index contributed by atoms with van der Waals surface area (Å²) in [7, 11) is 0. The number of benzene rings is 1. The fourth-order valence-corrected chi connectivity index (χ4v) is 5.03. The molecule has 0 unspecified atom stereocenters. The topological polar surface area (TPSA) is 90.6 Å². The van der Waals surface area contributed by atoms with Crippen LogP contribution >= 0.6 is 11.3 Å². The number of hydrogen-bond acceptors (Lipinski definition) is 6. The number of carbonyl (C=O) groups is 2.